The molecule has 0 N–H and O–H groups in total. The van der Waals surface area contributed by atoms with E-state index in [0.717, 1.165) is 0 Å². The van der Waals surface area contributed by atoms with Gasteiger partial charge in [0.2, 0.25) is 0 Å². The second kappa shape index (κ2) is 5.61. The summed E-state index contributed by atoms with van der Waals surface area (Å²) in [4.78, 5) is 0. The summed E-state index contributed by atoms with van der Waals surface area (Å²) in [5.74, 6) is 0. The van der Waals surface area contributed by atoms with Crippen LogP contribution in [0.4, 0.5) is 0 Å². The summed E-state index contributed by atoms with van der Waals surface area (Å²) in [7, 11) is -2.53. The first-order valence-corrected chi connectivity index (χ1v) is 12.6. The Morgan fingerprint density at radius 2 is 1.13 bits per heavy atom. The summed E-state index contributed by atoms with van der Waals surface area (Å²) in [5.41, 5.74) is 0. The van der Waals surface area contributed by atoms with Crippen LogP contribution in [0.1, 0.15) is 20.8 Å². The molecule has 0 aromatic carbocycles. The minimum absolute atomic E-state index is 1.16. The average molecular weight is 247 g/mol. The number of hydrogen-bond acceptors (Lipinski definition) is 2. The smallest absolute Gasteiger partial charge is 0.193 e. The number of rotatable bonds is 6. The molecule has 15 heavy (non-hydrogen) atoms. The standard InChI is InChI=1S/C11H30N2Si2/c1-9-12(10-2)15(7,8)13(11-3)14(4,5)6/h9-11H2,1-8H3. The molecule has 0 amide bonds. The minimum Gasteiger partial charge on any atom is -0.334 e. The Balaban J connectivity index is 4.95. The highest BCUT2D eigenvalue weighted by molar-refractivity contribution is 6.88. The first-order valence-electron chi connectivity index (χ1n) is 6.24. The van der Waals surface area contributed by atoms with E-state index in [-0.39, 0.29) is 0 Å². The molecule has 0 aliphatic rings. The van der Waals surface area contributed by atoms with E-state index in [1.807, 2.05) is 0 Å². The van der Waals surface area contributed by atoms with Crippen LogP contribution in [0.25, 0.3) is 0 Å². The predicted octanol–water partition coefficient (Wildman–Crippen LogP) is 3.19. The maximum Gasteiger partial charge on any atom is 0.193 e. The van der Waals surface area contributed by atoms with E-state index < -0.39 is 16.6 Å². The molecule has 0 unspecified atom stereocenters. The van der Waals surface area contributed by atoms with Crippen molar-refractivity contribution in [2.45, 2.75) is 53.5 Å². The van der Waals surface area contributed by atoms with Crippen molar-refractivity contribution in [1.82, 2.24) is 8.80 Å². The monoisotopic (exact) mass is 246 g/mol. The lowest BCUT2D eigenvalue weighted by atomic mass is 10.7. The lowest BCUT2D eigenvalue weighted by Crippen LogP contribution is -2.68. The van der Waals surface area contributed by atoms with Gasteiger partial charge in [0.1, 0.15) is 8.24 Å². The van der Waals surface area contributed by atoms with Crippen LogP contribution in [0, 0.1) is 0 Å². The third-order valence-corrected chi connectivity index (χ3v) is 12.7. The van der Waals surface area contributed by atoms with Gasteiger partial charge in [-0.2, -0.15) is 0 Å². The molecule has 0 fully saturated rings. The molecular weight excluding hydrogens is 216 g/mol. The SMILES string of the molecule is CCN(CC)[Si](C)(C)N(CC)[Si](C)(C)C. The van der Waals surface area contributed by atoms with Crippen LogP contribution in [-0.2, 0) is 0 Å². The fraction of sp³-hybridized carbons (Fsp3) is 1.00. The highest BCUT2D eigenvalue weighted by Gasteiger charge is 2.40. The van der Waals surface area contributed by atoms with Gasteiger partial charge in [-0.05, 0) is 32.7 Å². The molecule has 0 rings (SSSR count). The van der Waals surface area contributed by atoms with Gasteiger partial charge in [0.05, 0.1) is 0 Å². The number of hydrogen-bond donors (Lipinski definition) is 0. The summed E-state index contributed by atoms with van der Waals surface area (Å²) in [6, 6.07) is 0. The minimum atomic E-state index is -1.37. The van der Waals surface area contributed by atoms with E-state index in [9.17, 15) is 0 Å². The molecule has 4 heteroatoms. The maximum absolute atomic E-state index is 2.84. The molecule has 0 saturated carbocycles. The topological polar surface area (TPSA) is 6.48 Å². The predicted molar refractivity (Wildman–Crippen MR) is 76.1 cm³/mol. The van der Waals surface area contributed by atoms with Crippen LogP contribution < -0.4 is 0 Å². The van der Waals surface area contributed by atoms with Crippen molar-refractivity contribution >= 4 is 16.6 Å². The van der Waals surface area contributed by atoms with Gasteiger partial charge in [0.25, 0.3) is 0 Å². The molecular formula is C11H30N2Si2. The average Bonchev–Trinajstić information content (AvgIpc) is 2.03. The molecule has 0 aliphatic heterocycles. The zero-order valence-corrected chi connectivity index (χ0v) is 14.0. The summed E-state index contributed by atoms with van der Waals surface area (Å²) in [6.45, 7) is 22.9. The second-order valence-corrected chi connectivity index (χ2v) is 15.1. The highest BCUT2D eigenvalue weighted by atomic mass is 28.4. The van der Waals surface area contributed by atoms with Crippen LogP contribution in [0.3, 0.4) is 0 Å². The van der Waals surface area contributed by atoms with Gasteiger partial charge in [-0.25, -0.2) is 0 Å². The normalized spacial score (nSPS) is 14.0. The lowest BCUT2D eigenvalue weighted by molar-refractivity contribution is 0.417. The molecule has 0 aromatic heterocycles. The van der Waals surface area contributed by atoms with Crippen LogP contribution in [0.15, 0.2) is 0 Å². The Hall–Kier alpha value is 0.354. The summed E-state index contributed by atoms with van der Waals surface area (Å²) in [6.07, 6.45) is 0. The largest absolute Gasteiger partial charge is 0.334 e. The lowest BCUT2D eigenvalue weighted by Gasteiger charge is -2.49. The van der Waals surface area contributed by atoms with Gasteiger partial charge in [0.15, 0.2) is 8.40 Å². The van der Waals surface area contributed by atoms with Gasteiger partial charge >= 0.3 is 0 Å². The van der Waals surface area contributed by atoms with Crippen molar-refractivity contribution in [3.05, 3.63) is 0 Å². The van der Waals surface area contributed by atoms with Crippen LogP contribution in [0.2, 0.25) is 32.7 Å². The van der Waals surface area contributed by atoms with Crippen molar-refractivity contribution in [3.63, 3.8) is 0 Å². The summed E-state index contributed by atoms with van der Waals surface area (Å²) in [5, 5.41) is 0. The Morgan fingerprint density at radius 1 is 0.733 bits per heavy atom. The fourth-order valence-corrected chi connectivity index (χ4v) is 13.5. The Kier molecular flexibility index (Phi) is 5.75. The van der Waals surface area contributed by atoms with E-state index >= 15 is 0 Å². The molecule has 0 saturated heterocycles. The first-order chi connectivity index (χ1) is 6.71. The maximum atomic E-state index is 2.84. The van der Waals surface area contributed by atoms with Crippen molar-refractivity contribution < 1.29 is 0 Å². The van der Waals surface area contributed by atoms with Crippen molar-refractivity contribution in [3.8, 4) is 0 Å². The molecule has 0 bridgehead atoms. The molecule has 0 atom stereocenters. The van der Waals surface area contributed by atoms with Crippen molar-refractivity contribution in [2.24, 2.45) is 0 Å². The Labute approximate surface area is 98.9 Å². The Bertz CT molecular complexity index is 184. The summed E-state index contributed by atoms with van der Waals surface area (Å²) >= 11 is 0. The van der Waals surface area contributed by atoms with Crippen LogP contribution >= 0.6 is 0 Å². The molecule has 0 aliphatic carbocycles. The van der Waals surface area contributed by atoms with Crippen LogP contribution in [0.5, 0.6) is 0 Å². The quantitative estimate of drug-likeness (QED) is 0.664. The third kappa shape index (κ3) is 3.69. The van der Waals surface area contributed by atoms with E-state index in [1.165, 1.54) is 19.6 Å². The van der Waals surface area contributed by atoms with Gasteiger partial charge in [-0.3, -0.25) is 0 Å². The fourth-order valence-electron chi connectivity index (χ4n) is 2.85. The molecule has 0 heterocycles. The van der Waals surface area contributed by atoms with E-state index in [4.69, 9.17) is 0 Å². The molecule has 0 aromatic rings. The van der Waals surface area contributed by atoms with Gasteiger partial charge in [-0.15, -0.1) is 0 Å². The van der Waals surface area contributed by atoms with Crippen LogP contribution in [-0.4, -0.2) is 45.1 Å². The molecule has 2 nitrogen and oxygen atoms in total. The Morgan fingerprint density at radius 3 is 1.33 bits per heavy atom. The first kappa shape index (κ1) is 15.4. The zero-order valence-electron chi connectivity index (χ0n) is 12.0. The second-order valence-electron chi connectivity index (χ2n) is 5.58. The highest BCUT2D eigenvalue weighted by Crippen LogP contribution is 2.22. The van der Waals surface area contributed by atoms with Gasteiger partial charge < -0.3 is 8.80 Å². The zero-order chi connectivity index (χ0) is 12.3. The van der Waals surface area contributed by atoms with E-state index in [0.29, 0.717) is 0 Å². The summed E-state index contributed by atoms with van der Waals surface area (Å²) < 4.78 is 5.53. The van der Waals surface area contributed by atoms with E-state index in [1.54, 1.807) is 0 Å². The molecule has 92 valence electrons. The van der Waals surface area contributed by atoms with E-state index in [2.05, 4.69) is 62.3 Å². The van der Waals surface area contributed by atoms with Gasteiger partial charge in [0, 0.05) is 0 Å². The van der Waals surface area contributed by atoms with Crippen molar-refractivity contribution in [2.75, 3.05) is 19.6 Å². The molecule has 0 spiro atoms. The third-order valence-electron chi connectivity index (χ3n) is 3.32. The number of nitrogens with zero attached hydrogens (tertiary/aromatic N) is 2. The van der Waals surface area contributed by atoms with Crippen molar-refractivity contribution in [1.29, 1.82) is 0 Å². The molecule has 0 radical (unpaired) electrons. The van der Waals surface area contributed by atoms with Gasteiger partial charge in [-0.1, -0.05) is 40.4 Å².